The minimum absolute atomic E-state index is 0.218. The van der Waals surface area contributed by atoms with E-state index in [4.69, 9.17) is 0 Å². The molecule has 0 saturated carbocycles. The highest BCUT2D eigenvalue weighted by molar-refractivity contribution is 5.20. The summed E-state index contributed by atoms with van der Waals surface area (Å²) in [7, 11) is 0. The fraction of sp³-hybridized carbons (Fsp3) is 0.600. The van der Waals surface area contributed by atoms with E-state index in [1.165, 1.54) is 5.56 Å². The third kappa shape index (κ3) is 4.49. The summed E-state index contributed by atoms with van der Waals surface area (Å²) in [6.07, 6.45) is 0.968. The lowest BCUT2D eigenvalue weighted by molar-refractivity contribution is 0.234. The smallest absolute Gasteiger partial charge is 0.0584 e. The maximum atomic E-state index is 9.19. The zero-order chi connectivity index (χ0) is 12.7. The van der Waals surface area contributed by atoms with E-state index in [1.54, 1.807) is 0 Å². The maximum Gasteiger partial charge on any atom is 0.0584 e. The van der Waals surface area contributed by atoms with Crippen LogP contribution in [0.15, 0.2) is 30.3 Å². The highest BCUT2D eigenvalue weighted by atomic mass is 16.3. The molecule has 0 bridgehead atoms. The summed E-state index contributed by atoms with van der Waals surface area (Å²) in [6.45, 7) is 7.75. The number of benzene rings is 1. The van der Waals surface area contributed by atoms with E-state index in [2.05, 4.69) is 56.4 Å². The van der Waals surface area contributed by atoms with Gasteiger partial charge in [0.25, 0.3) is 0 Å². The monoisotopic (exact) mass is 235 g/mol. The van der Waals surface area contributed by atoms with Gasteiger partial charge in [-0.3, -0.25) is 0 Å². The average Bonchev–Trinajstić information content (AvgIpc) is 2.35. The van der Waals surface area contributed by atoms with Gasteiger partial charge in [-0.15, -0.1) is 0 Å². The third-order valence-electron chi connectivity index (χ3n) is 3.37. The van der Waals surface area contributed by atoms with E-state index < -0.39 is 0 Å². The van der Waals surface area contributed by atoms with Crippen LogP contribution in [0.4, 0.5) is 0 Å². The summed E-state index contributed by atoms with van der Waals surface area (Å²) in [6, 6.07) is 10.8. The molecule has 0 aliphatic rings. The Bertz CT molecular complexity index is 293. The number of hydrogen-bond donors (Lipinski definition) is 2. The lowest BCUT2D eigenvalue weighted by atomic mass is 9.88. The third-order valence-corrected chi connectivity index (χ3v) is 3.37. The van der Waals surface area contributed by atoms with Crippen molar-refractivity contribution < 1.29 is 5.11 Å². The predicted octanol–water partition coefficient (Wildman–Crippen LogP) is 2.79. The van der Waals surface area contributed by atoms with Crippen LogP contribution < -0.4 is 5.32 Å². The van der Waals surface area contributed by atoms with Gasteiger partial charge in [0.1, 0.15) is 0 Å². The van der Waals surface area contributed by atoms with Gasteiger partial charge in [-0.05, 0) is 23.8 Å². The molecule has 0 spiro atoms. The molecule has 0 aromatic heterocycles. The van der Waals surface area contributed by atoms with Crippen LogP contribution in [-0.2, 0) is 0 Å². The molecular formula is C15H25NO. The minimum atomic E-state index is 0.218. The second-order valence-electron chi connectivity index (χ2n) is 4.96. The van der Waals surface area contributed by atoms with Crippen LogP contribution in [0.2, 0.25) is 0 Å². The van der Waals surface area contributed by atoms with Gasteiger partial charge in [0.2, 0.25) is 0 Å². The molecule has 2 nitrogen and oxygen atoms in total. The van der Waals surface area contributed by atoms with Crippen molar-refractivity contribution in [1.82, 2.24) is 5.32 Å². The number of nitrogens with one attached hydrogen (secondary N) is 1. The van der Waals surface area contributed by atoms with Crippen LogP contribution in [0.25, 0.3) is 0 Å². The predicted molar refractivity (Wildman–Crippen MR) is 73.2 cm³/mol. The second kappa shape index (κ2) is 7.46. The molecule has 2 N–H and O–H groups in total. The molecule has 0 aliphatic heterocycles. The van der Waals surface area contributed by atoms with Gasteiger partial charge >= 0.3 is 0 Å². The molecule has 2 heteroatoms. The van der Waals surface area contributed by atoms with Gasteiger partial charge in [0.05, 0.1) is 6.61 Å². The highest BCUT2D eigenvalue weighted by Gasteiger charge is 2.16. The summed E-state index contributed by atoms with van der Waals surface area (Å²) < 4.78 is 0. The van der Waals surface area contributed by atoms with E-state index in [0.29, 0.717) is 11.8 Å². The van der Waals surface area contributed by atoms with Gasteiger partial charge in [-0.25, -0.2) is 0 Å². The molecule has 0 radical (unpaired) electrons. The van der Waals surface area contributed by atoms with Crippen molar-refractivity contribution in [2.75, 3.05) is 13.2 Å². The van der Waals surface area contributed by atoms with E-state index in [0.717, 1.165) is 13.0 Å². The fourth-order valence-electron chi connectivity index (χ4n) is 2.07. The molecule has 1 aromatic carbocycles. The molecule has 0 saturated heterocycles. The topological polar surface area (TPSA) is 32.3 Å². The van der Waals surface area contributed by atoms with Gasteiger partial charge in [0, 0.05) is 12.6 Å². The lowest BCUT2D eigenvalue weighted by Crippen LogP contribution is -2.36. The Balaban J connectivity index is 2.62. The van der Waals surface area contributed by atoms with Crippen molar-refractivity contribution in [2.45, 2.75) is 39.2 Å². The molecule has 0 fully saturated rings. The summed E-state index contributed by atoms with van der Waals surface area (Å²) in [5.41, 5.74) is 1.38. The Labute approximate surface area is 105 Å². The maximum absolute atomic E-state index is 9.19. The van der Waals surface area contributed by atoms with Crippen LogP contribution in [0.5, 0.6) is 0 Å². The van der Waals surface area contributed by atoms with Gasteiger partial charge in [-0.1, -0.05) is 51.1 Å². The first-order chi connectivity index (χ1) is 8.19. The zero-order valence-electron chi connectivity index (χ0n) is 11.2. The van der Waals surface area contributed by atoms with Gasteiger partial charge < -0.3 is 10.4 Å². The first kappa shape index (κ1) is 14.2. The molecule has 1 unspecified atom stereocenters. The molecular weight excluding hydrogens is 210 g/mol. The molecule has 0 aliphatic carbocycles. The first-order valence-electron chi connectivity index (χ1n) is 6.58. The Morgan fingerprint density at radius 1 is 1.18 bits per heavy atom. The van der Waals surface area contributed by atoms with E-state index in [1.807, 2.05) is 0 Å². The van der Waals surface area contributed by atoms with Crippen LogP contribution >= 0.6 is 0 Å². The van der Waals surface area contributed by atoms with Crippen molar-refractivity contribution in [2.24, 2.45) is 5.92 Å². The lowest BCUT2D eigenvalue weighted by Gasteiger charge is -2.24. The second-order valence-corrected chi connectivity index (χ2v) is 4.96. The normalized spacial score (nSPS) is 14.9. The summed E-state index contributed by atoms with van der Waals surface area (Å²) in [4.78, 5) is 0. The highest BCUT2D eigenvalue weighted by Crippen LogP contribution is 2.23. The van der Waals surface area contributed by atoms with Crippen LogP contribution in [0.3, 0.4) is 0 Å². The van der Waals surface area contributed by atoms with Crippen molar-refractivity contribution >= 4 is 0 Å². The van der Waals surface area contributed by atoms with Gasteiger partial charge in [0.15, 0.2) is 0 Å². The molecule has 1 rings (SSSR count). The largest absolute Gasteiger partial charge is 0.395 e. The molecule has 1 aromatic rings. The zero-order valence-corrected chi connectivity index (χ0v) is 11.2. The van der Waals surface area contributed by atoms with Crippen molar-refractivity contribution in [3.8, 4) is 0 Å². The standard InChI is InChI=1S/C15H25NO/c1-4-14(11-17)16-10-15(12(2)3)13-8-6-5-7-9-13/h5-9,12,14-17H,4,10-11H2,1-3H3/t14-,15?/m1/s1. The van der Waals surface area contributed by atoms with Crippen LogP contribution in [-0.4, -0.2) is 24.3 Å². The van der Waals surface area contributed by atoms with E-state index in [9.17, 15) is 5.11 Å². The molecule has 0 amide bonds. The molecule has 96 valence electrons. The first-order valence-corrected chi connectivity index (χ1v) is 6.58. The van der Waals surface area contributed by atoms with Crippen molar-refractivity contribution in [3.63, 3.8) is 0 Å². The number of aliphatic hydroxyl groups excluding tert-OH is 1. The average molecular weight is 235 g/mol. The van der Waals surface area contributed by atoms with E-state index in [-0.39, 0.29) is 12.6 Å². The number of rotatable bonds is 7. The van der Waals surface area contributed by atoms with Gasteiger partial charge in [-0.2, -0.15) is 0 Å². The number of hydrogen-bond acceptors (Lipinski definition) is 2. The Morgan fingerprint density at radius 2 is 1.82 bits per heavy atom. The quantitative estimate of drug-likeness (QED) is 0.761. The summed E-state index contributed by atoms with van der Waals surface area (Å²) in [5.74, 6) is 1.11. The van der Waals surface area contributed by atoms with E-state index >= 15 is 0 Å². The van der Waals surface area contributed by atoms with Crippen LogP contribution in [0.1, 0.15) is 38.7 Å². The van der Waals surface area contributed by atoms with Crippen molar-refractivity contribution in [1.29, 1.82) is 0 Å². The fourth-order valence-corrected chi connectivity index (χ4v) is 2.07. The number of aliphatic hydroxyl groups is 1. The molecule has 17 heavy (non-hydrogen) atoms. The molecule has 0 heterocycles. The molecule has 2 atom stereocenters. The SMILES string of the molecule is CC[C@H](CO)NCC(c1ccccc1)C(C)C. The summed E-state index contributed by atoms with van der Waals surface area (Å²) in [5, 5.41) is 12.6. The van der Waals surface area contributed by atoms with Crippen LogP contribution in [0, 0.1) is 5.92 Å². The Kier molecular flexibility index (Phi) is 6.23. The van der Waals surface area contributed by atoms with Crippen molar-refractivity contribution in [3.05, 3.63) is 35.9 Å². The minimum Gasteiger partial charge on any atom is -0.395 e. The summed E-state index contributed by atoms with van der Waals surface area (Å²) >= 11 is 0. The Hall–Kier alpha value is -0.860. The Morgan fingerprint density at radius 3 is 2.29 bits per heavy atom.